The van der Waals surface area contributed by atoms with Gasteiger partial charge in [0.05, 0.1) is 19.6 Å². The lowest BCUT2D eigenvalue weighted by atomic mass is 9.92. The van der Waals surface area contributed by atoms with Crippen molar-refractivity contribution in [1.29, 1.82) is 0 Å². The Hall–Kier alpha value is -1.71. The van der Waals surface area contributed by atoms with Crippen molar-refractivity contribution in [2.75, 3.05) is 33.9 Å². The topological polar surface area (TPSA) is 112 Å². The van der Waals surface area contributed by atoms with Gasteiger partial charge in [-0.25, -0.2) is 0 Å². The van der Waals surface area contributed by atoms with Crippen LogP contribution in [0.1, 0.15) is 20.3 Å². The van der Waals surface area contributed by atoms with Gasteiger partial charge < -0.3 is 29.0 Å². The predicted molar refractivity (Wildman–Crippen MR) is 81.1 cm³/mol. The van der Waals surface area contributed by atoms with E-state index < -0.39 is 42.3 Å². The SMILES string of the molecule is CC(=O)O[C@H]1[C@H](CC(=O)O)CO[C@H](OCCN(C)C)[C@@H]1OC(C)=O. The summed E-state index contributed by atoms with van der Waals surface area (Å²) >= 11 is 0. The van der Waals surface area contributed by atoms with Crippen molar-refractivity contribution in [3.63, 3.8) is 0 Å². The van der Waals surface area contributed by atoms with Gasteiger partial charge in [-0.2, -0.15) is 0 Å². The number of carbonyl (C=O) groups excluding carboxylic acids is 2. The maximum atomic E-state index is 11.4. The summed E-state index contributed by atoms with van der Waals surface area (Å²) in [6.45, 7) is 3.37. The molecule has 0 amide bonds. The van der Waals surface area contributed by atoms with Crippen molar-refractivity contribution < 1.29 is 38.4 Å². The van der Waals surface area contributed by atoms with Gasteiger partial charge >= 0.3 is 17.9 Å². The van der Waals surface area contributed by atoms with Gasteiger partial charge in [-0.1, -0.05) is 0 Å². The average molecular weight is 347 g/mol. The highest BCUT2D eigenvalue weighted by Crippen LogP contribution is 2.29. The third-order valence-corrected chi connectivity index (χ3v) is 3.39. The van der Waals surface area contributed by atoms with E-state index in [1.807, 2.05) is 19.0 Å². The van der Waals surface area contributed by atoms with Crippen molar-refractivity contribution in [3.8, 4) is 0 Å². The molecular weight excluding hydrogens is 322 g/mol. The largest absolute Gasteiger partial charge is 0.481 e. The van der Waals surface area contributed by atoms with Crippen LogP contribution in [0.5, 0.6) is 0 Å². The molecule has 1 heterocycles. The summed E-state index contributed by atoms with van der Waals surface area (Å²) in [4.78, 5) is 35.7. The van der Waals surface area contributed by atoms with Gasteiger partial charge in [-0.05, 0) is 14.1 Å². The molecule has 0 aromatic carbocycles. The van der Waals surface area contributed by atoms with Gasteiger partial charge in [-0.3, -0.25) is 14.4 Å². The fraction of sp³-hybridized carbons (Fsp3) is 0.800. The minimum atomic E-state index is -1.06. The van der Waals surface area contributed by atoms with E-state index in [1.54, 1.807) is 0 Å². The van der Waals surface area contributed by atoms with Crippen molar-refractivity contribution in [3.05, 3.63) is 0 Å². The van der Waals surface area contributed by atoms with Crippen LogP contribution >= 0.6 is 0 Å². The molecule has 0 aromatic heterocycles. The zero-order chi connectivity index (χ0) is 18.3. The molecule has 4 atom stereocenters. The number of carboxylic acids is 1. The minimum absolute atomic E-state index is 0.0225. The summed E-state index contributed by atoms with van der Waals surface area (Å²) in [6, 6.07) is 0. The van der Waals surface area contributed by atoms with Gasteiger partial charge in [0.1, 0.15) is 6.10 Å². The molecule has 138 valence electrons. The van der Waals surface area contributed by atoms with Gasteiger partial charge in [0, 0.05) is 26.3 Å². The first-order chi connectivity index (χ1) is 11.2. The maximum Gasteiger partial charge on any atom is 0.303 e. The van der Waals surface area contributed by atoms with Gasteiger partial charge in [0.25, 0.3) is 0 Å². The number of nitrogens with zero attached hydrogens (tertiary/aromatic N) is 1. The monoisotopic (exact) mass is 347 g/mol. The van der Waals surface area contributed by atoms with Crippen LogP contribution < -0.4 is 0 Å². The van der Waals surface area contributed by atoms with E-state index in [-0.39, 0.29) is 13.0 Å². The van der Waals surface area contributed by atoms with Crippen molar-refractivity contribution in [2.45, 2.75) is 38.8 Å². The van der Waals surface area contributed by atoms with Crippen molar-refractivity contribution >= 4 is 17.9 Å². The van der Waals surface area contributed by atoms with Gasteiger partial charge in [0.2, 0.25) is 0 Å². The number of hydrogen-bond acceptors (Lipinski definition) is 8. The molecule has 24 heavy (non-hydrogen) atoms. The highest BCUT2D eigenvalue weighted by molar-refractivity contribution is 5.69. The van der Waals surface area contributed by atoms with E-state index in [1.165, 1.54) is 13.8 Å². The predicted octanol–water partition coefficient (Wildman–Crippen LogP) is -0.125. The van der Waals surface area contributed by atoms with Crippen LogP contribution in [0.4, 0.5) is 0 Å². The molecule has 1 aliphatic rings. The van der Waals surface area contributed by atoms with Gasteiger partial charge in [-0.15, -0.1) is 0 Å². The maximum absolute atomic E-state index is 11.4. The number of carbonyl (C=O) groups is 3. The van der Waals surface area contributed by atoms with Crippen LogP contribution in [0.25, 0.3) is 0 Å². The molecule has 0 bridgehead atoms. The number of likely N-dealkylation sites (N-methyl/N-ethyl adjacent to an activating group) is 1. The molecule has 1 fully saturated rings. The van der Waals surface area contributed by atoms with Crippen LogP contribution in [0.15, 0.2) is 0 Å². The molecule has 0 unspecified atom stereocenters. The number of carboxylic acid groups (broad SMARTS) is 1. The molecular formula is C15H25NO8. The second-order valence-electron chi connectivity index (χ2n) is 5.88. The number of ether oxygens (including phenoxy) is 4. The van der Waals surface area contributed by atoms with E-state index in [4.69, 9.17) is 24.1 Å². The lowest BCUT2D eigenvalue weighted by Crippen LogP contribution is -2.55. The quantitative estimate of drug-likeness (QED) is 0.600. The average Bonchev–Trinajstić information content (AvgIpc) is 2.42. The Bertz CT molecular complexity index is 453. The van der Waals surface area contributed by atoms with Crippen molar-refractivity contribution in [1.82, 2.24) is 4.90 Å². The Morgan fingerprint density at radius 2 is 1.71 bits per heavy atom. The van der Waals surface area contributed by atoms with Crippen LogP contribution in [0.2, 0.25) is 0 Å². The Kier molecular flexibility index (Phi) is 8.09. The third kappa shape index (κ3) is 6.81. The standard InChI is InChI=1S/C15H25NO8/c1-9(17)23-13-11(7-12(19)20)8-22-15(14(13)24-10(2)18)21-6-5-16(3)4/h11,13-15H,5-8H2,1-4H3,(H,19,20)/t11-,13+,14-,15+/m1/s1. The summed E-state index contributed by atoms with van der Waals surface area (Å²) in [5.74, 6) is -2.89. The van der Waals surface area contributed by atoms with Crippen molar-refractivity contribution in [2.24, 2.45) is 5.92 Å². The Morgan fingerprint density at radius 3 is 2.21 bits per heavy atom. The van der Waals surface area contributed by atoms with Crippen LogP contribution in [0, 0.1) is 5.92 Å². The molecule has 0 spiro atoms. The van der Waals surface area contributed by atoms with Crippen LogP contribution in [0.3, 0.4) is 0 Å². The smallest absolute Gasteiger partial charge is 0.303 e. The molecule has 9 heteroatoms. The highest BCUT2D eigenvalue weighted by atomic mass is 16.7. The number of hydrogen-bond donors (Lipinski definition) is 1. The minimum Gasteiger partial charge on any atom is -0.481 e. The summed E-state index contributed by atoms with van der Waals surface area (Å²) < 4.78 is 21.6. The van der Waals surface area contributed by atoms with E-state index >= 15 is 0 Å². The molecule has 9 nitrogen and oxygen atoms in total. The summed E-state index contributed by atoms with van der Waals surface area (Å²) in [6.07, 6.45) is -3.17. The van der Waals surface area contributed by atoms with Crippen LogP contribution in [-0.4, -0.2) is 80.3 Å². The molecule has 0 radical (unpaired) electrons. The molecule has 0 saturated carbocycles. The van der Waals surface area contributed by atoms with E-state index in [0.29, 0.717) is 13.2 Å². The molecule has 0 aliphatic carbocycles. The normalized spacial score (nSPS) is 26.9. The Balaban J connectivity index is 2.90. The zero-order valence-corrected chi connectivity index (χ0v) is 14.4. The number of esters is 2. The summed E-state index contributed by atoms with van der Waals surface area (Å²) in [5.41, 5.74) is 0. The Morgan fingerprint density at radius 1 is 1.12 bits per heavy atom. The van der Waals surface area contributed by atoms with Crippen LogP contribution in [-0.2, 0) is 33.3 Å². The second kappa shape index (κ2) is 9.55. The first kappa shape index (κ1) is 20.3. The van der Waals surface area contributed by atoms with Gasteiger partial charge in [0.15, 0.2) is 12.4 Å². The lowest BCUT2D eigenvalue weighted by molar-refractivity contribution is -0.270. The Labute approximate surface area is 140 Å². The fourth-order valence-electron chi connectivity index (χ4n) is 2.39. The van der Waals surface area contributed by atoms with E-state index in [0.717, 1.165) is 0 Å². The third-order valence-electron chi connectivity index (χ3n) is 3.39. The fourth-order valence-corrected chi connectivity index (χ4v) is 2.39. The second-order valence-corrected chi connectivity index (χ2v) is 5.88. The molecule has 1 aliphatic heterocycles. The zero-order valence-electron chi connectivity index (χ0n) is 14.4. The summed E-state index contributed by atoms with van der Waals surface area (Å²) in [5, 5.41) is 9.01. The highest BCUT2D eigenvalue weighted by Gasteiger charge is 2.46. The first-order valence-electron chi connectivity index (χ1n) is 7.65. The molecule has 1 saturated heterocycles. The molecule has 1 N–H and O–H groups in total. The number of aliphatic carboxylic acids is 1. The first-order valence-corrected chi connectivity index (χ1v) is 7.65. The van der Waals surface area contributed by atoms with E-state index in [2.05, 4.69) is 0 Å². The summed E-state index contributed by atoms with van der Waals surface area (Å²) in [7, 11) is 3.75. The van der Waals surface area contributed by atoms with E-state index in [9.17, 15) is 14.4 Å². The lowest BCUT2D eigenvalue weighted by Gasteiger charge is -2.40. The number of rotatable bonds is 8. The molecule has 0 aromatic rings. The molecule has 1 rings (SSSR count).